The lowest BCUT2D eigenvalue weighted by molar-refractivity contribution is 0.0787. The summed E-state index contributed by atoms with van der Waals surface area (Å²) in [4.78, 5) is 29.9. The van der Waals surface area contributed by atoms with E-state index in [1.165, 1.54) is 17.8 Å². The molecule has 1 aliphatic carbocycles. The fourth-order valence-electron chi connectivity index (χ4n) is 3.85. The second kappa shape index (κ2) is 8.30. The van der Waals surface area contributed by atoms with Gasteiger partial charge in [-0.2, -0.15) is 0 Å². The van der Waals surface area contributed by atoms with E-state index in [9.17, 15) is 14.0 Å². The maximum absolute atomic E-state index is 14.3. The fourth-order valence-corrected chi connectivity index (χ4v) is 4.75. The average Bonchev–Trinajstić information content (AvgIpc) is 3.19. The van der Waals surface area contributed by atoms with Crippen molar-refractivity contribution in [3.8, 4) is 11.4 Å². The molecule has 9 heteroatoms. The Bertz CT molecular complexity index is 1130. The van der Waals surface area contributed by atoms with Gasteiger partial charge in [-0.15, -0.1) is 10.2 Å². The summed E-state index contributed by atoms with van der Waals surface area (Å²) in [5.74, 6) is 0.159. The van der Waals surface area contributed by atoms with Crippen molar-refractivity contribution < 1.29 is 14.0 Å². The highest BCUT2D eigenvalue weighted by molar-refractivity contribution is 7.99. The van der Waals surface area contributed by atoms with E-state index in [2.05, 4.69) is 15.2 Å². The molecule has 3 aromatic rings. The second-order valence-electron chi connectivity index (χ2n) is 7.90. The van der Waals surface area contributed by atoms with Crippen molar-refractivity contribution in [2.45, 2.75) is 36.9 Å². The molecule has 0 atom stereocenters. The van der Waals surface area contributed by atoms with E-state index in [1.807, 2.05) is 4.57 Å². The van der Waals surface area contributed by atoms with E-state index in [1.54, 1.807) is 35.4 Å². The number of rotatable bonds is 7. The Morgan fingerprint density at radius 3 is 2.68 bits per heavy atom. The van der Waals surface area contributed by atoms with Crippen molar-refractivity contribution in [2.24, 2.45) is 0 Å². The standard InChI is InChI=1S/C22H22FN5O2S/c23-17-6-2-1-5-16(17)20-25-26-22(28(20)15-7-8-15)31-13-19(29)14-11-18(24-12-14)21(30)27-9-3-4-10-27/h1-2,5-6,11-12,15,24H,3-4,7-10,13H2. The van der Waals surface area contributed by atoms with Gasteiger partial charge in [-0.3, -0.25) is 14.2 Å². The van der Waals surface area contributed by atoms with Gasteiger partial charge >= 0.3 is 0 Å². The van der Waals surface area contributed by atoms with Crippen LogP contribution in [0.1, 0.15) is 52.6 Å². The molecule has 2 aliphatic rings. The van der Waals surface area contributed by atoms with Crippen LogP contribution in [0.5, 0.6) is 0 Å². The Hall–Kier alpha value is -2.94. The Labute approximate surface area is 183 Å². The minimum atomic E-state index is -0.341. The Morgan fingerprint density at radius 2 is 1.94 bits per heavy atom. The fraction of sp³-hybridized carbons (Fsp3) is 0.364. The third kappa shape index (κ3) is 4.01. The van der Waals surface area contributed by atoms with Crippen LogP contribution in [0, 0.1) is 5.82 Å². The van der Waals surface area contributed by atoms with Gasteiger partial charge in [0.1, 0.15) is 11.5 Å². The number of amides is 1. The van der Waals surface area contributed by atoms with Gasteiger partial charge in [-0.05, 0) is 43.9 Å². The van der Waals surface area contributed by atoms with Crippen LogP contribution in [0.15, 0.2) is 41.7 Å². The Kier molecular flexibility index (Phi) is 5.35. The molecule has 2 aromatic heterocycles. The third-order valence-corrected chi connectivity index (χ3v) is 6.60. The zero-order valence-corrected chi connectivity index (χ0v) is 17.7. The van der Waals surface area contributed by atoms with E-state index in [-0.39, 0.29) is 29.3 Å². The number of halogens is 1. The highest BCUT2D eigenvalue weighted by Crippen LogP contribution is 2.41. The van der Waals surface area contributed by atoms with Gasteiger partial charge < -0.3 is 9.88 Å². The first kappa shape index (κ1) is 20.0. The smallest absolute Gasteiger partial charge is 0.270 e. The highest BCUT2D eigenvalue weighted by atomic mass is 32.2. The molecule has 0 spiro atoms. The summed E-state index contributed by atoms with van der Waals surface area (Å²) in [5.41, 5.74) is 1.33. The van der Waals surface area contributed by atoms with Crippen LogP contribution in [0.2, 0.25) is 0 Å². The van der Waals surface area contributed by atoms with Crippen molar-refractivity contribution in [1.29, 1.82) is 0 Å². The maximum atomic E-state index is 14.3. The number of ketones is 1. The van der Waals surface area contributed by atoms with Crippen LogP contribution < -0.4 is 0 Å². The number of benzene rings is 1. The predicted molar refractivity (Wildman–Crippen MR) is 115 cm³/mol. The first-order valence-corrected chi connectivity index (χ1v) is 11.4. The number of aromatic nitrogens is 4. The zero-order chi connectivity index (χ0) is 21.4. The van der Waals surface area contributed by atoms with Crippen LogP contribution >= 0.6 is 11.8 Å². The van der Waals surface area contributed by atoms with E-state index in [4.69, 9.17) is 0 Å². The van der Waals surface area contributed by atoms with Crippen LogP contribution in [0.3, 0.4) is 0 Å². The maximum Gasteiger partial charge on any atom is 0.270 e. The lowest BCUT2D eigenvalue weighted by atomic mass is 10.2. The summed E-state index contributed by atoms with van der Waals surface area (Å²) < 4.78 is 16.2. The van der Waals surface area contributed by atoms with Gasteiger partial charge in [0.15, 0.2) is 16.8 Å². The SMILES string of the molecule is O=C(CSc1nnc(-c2ccccc2F)n1C1CC1)c1c[nH]c(C(=O)N2CCCC2)c1. The van der Waals surface area contributed by atoms with Crippen molar-refractivity contribution in [3.63, 3.8) is 0 Å². The second-order valence-corrected chi connectivity index (χ2v) is 8.84. The summed E-state index contributed by atoms with van der Waals surface area (Å²) in [5, 5.41) is 9.06. The molecule has 1 aromatic carbocycles. The molecule has 0 unspecified atom stereocenters. The van der Waals surface area contributed by atoms with E-state index in [0.29, 0.717) is 27.8 Å². The summed E-state index contributed by atoms with van der Waals surface area (Å²) in [6, 6.07) is 8.37. The molecular weight excluding hydrogens is 417 g/mol. The number of carbonyl (C=O) groups excluding carboxylic acids is 2. The minimum absolute atomic E-state index is 0.0628. The molecule has 7 nitrogen and oxygen atoms in total. The van der Waals surface area contributed by atoms with E-state index < -0.39 is 0 Å². The molecule has 0 radical (unpaired) electrons. The Balaban J connectivity index is 1.30. The molecule has 31 heavy (non-hydrogen) atoms. The molecule has 5 rings (SSSR count). The van der Waals surface area contributed by atoms with Crippen LogP contribution in [0.25, 0.3) is 11.4 Å². The molecule has 160 valence electrons. The van der Waals surface area contributed by atoms with Gasteiger partial charge in [0, 0.05) is 30.9 Å². The number of likely N-dealkylation sites (tertiary alicyclic amines) is 1. The summed E-state index contributed by atoms with van der Waals surface area (Å²) in [6.07, 6.45) is 5.60. The largest absolute Gasteiger partial charge is 0.356 e. The molecule has 1 N–H and O–H groups in total. The molecular formula is C22H22FN5O2S. The average molecular weight is 440 g/mol. The van der Waals surface area contributed by atoms with Crippen molar-refractivity contribution in [3.05, 3.63) is 53.6 Å². The van der Waals surface area contributed by atoms with Crippen LogP contribution in [-0.2, 0) is 0 Å². The minimum Gasteiger partial charge on any atom is -0.356 e. The number of H-pyrrole nitrogens is 1. The first-order chi connectivity index (χ1) is 15.1. The monoisotopic (exact) mass is 439 g/mol. The van der Waals surface area contributed by atoms with Crippen LogP contribution in [-0.4, -0.2) is 55.2 Å². The number of nitrogens with one attached hydrogen (secondary N) is 1. The topological polar surface area (TPSA) is 83.9 Å². The van der Waals surface area contributed by atoms with Crippen molar-refractivity contribution in [1.82, 2.24) is 24.6 Å². The molecule has 0 bridgehead atoms. The van der Waals surface area contributed by atoms with Gasteiger partial charge in [0.2, 0.25) is 0 Å². The number of hydrogen-bond donors (Lipinski definition) is 1. The summed E-state index contributed by atoms with van der Waals surface area (Å²) in [6.45, 7) is 1.52. The third-order valence-electron chi connectivity index (χ3n) is 5.65. The molecule has 1 saturated heterocycles. The predicted octanol–water partition coefficient (Wildman–Crippen LogP) is 3.96. The van der Waals surface area contributed by atoms with Crippen LogP contribution in [0.4, 0.5) is 4.39 Å². The summed E-state index contributed by atoms with van der Waals surface area (Å²) >= 11 is 1.29. The number of Topliss-reactive ketones (excluding diaryl/α,β-unsaturated/α-hetero) is 1. The normalized spacial score (nSPS) is 16.1. The molecule has 1 saturated carbocycles. The number of carbonyl (C=O) groups is 2. The number of nitrogens with zero attached hydrogens (tertiary/aromatic N) is 4. The quantitative estimate of drug-likeness (QED) is 0.445. The first-order valence-electron chi connectivity index (χ1n) is 10.5. The van der Waals surface area contributed by atoms with E-state index >= 15 is 0 Å². The number of thioether (sulfide) groups is 1. The number of hydrogen-bond acceptors (Lipinski definition) is 5. The molecule has 1 aliphatic heterocycles. The van der Waals surface area contributed by atoms with Crippen molar-refractivity contribution >= 4 is 23.5 Å². The van der Waals surface area contributed by atoms with Gasteiger partial charge in [0.25, 0.3) is 5.91 Å². The van der Waals surface area contributed by atoms with Gasteiger partial charge in [0.05, 0.1) is 11.3 Å². The number of aromatic amines is 1. The zero-order valence-electron chi connectivity index (χ0n) is 16.9. The molecule has 2 fully saturated rings. The van der Waals surface area contributed by atoms with Gasteiger partial charge in [-0.1, -0.05) is 23.9 Å². The Morgan fingerprint density at radius 1 is 1.16 bits per heavy atom. The lowest BCUT2D eigenvalue weighted by Crippen LogP contribution is -2.27. The van der Waals surface area contributed by atoms with Crippen molar-refractivity contribution in [2.75, 3.05) is 18.8 Å². The molecule has 3 heterocycles. The van der Waals surface area contributed by atoms with E-state index in [0.717, 1.165) is 38.8 Å². The highest BCUT2D eigenvalue weighted by Gasteiger charge is 2.31. The molecule has 1 amide bonds. The summed E-state index contributed by atoms with van der Waals surface area (Å²) in [7, 11) is 0. The lowest BCUT2D eigenvalue weighted by Gasteiger charge is -2.13. The van der Waals surface area contributed by atoms with Gasteiger partial charge in [-0.25, -0.2) is 4.39 Å².